The summed E-state index contributed by atoms with van der Waals surface area (Å²) in [5, 5.41) is 0. The molecule has 0 spiro atoms. The minimum atomic E-state index is 0. The summed E-state index contributed by atoms with van der Waals surface area (Å²) >= 11 is 0. The third-order valence-electron chi connectivity index (χ3n) is 0. The van der Waals surface area contributed by atoms with Gasteiger partial charge in [-0.3, -0.25) is 0 Å². The monoisotopic (exact) mass is 300 g/mol. The summed E-state index contributed by atoms with van der Waals surface area (Å²) in [4.78, 5) is 0. The number of hydrogen-bond acceptors (Lipinski definition) is 0. The second kappa shape index (κ2) is 40.6. The van der Waals surface area contributed by atoms with E-state index in [4.69, 9.17) is 0 Å². The van der Waals surface area contributed by atoms with Crippen LogP contribution in [0.4, 0.5) is 0 Å². The Labute approximate surface area is 105 Å². The first-order chi connectivity index (χ1) is 0. The van der Waals surface area contributed by atoms with E-state index < -0.39 is 0 Å². The van der Waals surface area contributed by atoms with Gasteiger partial charge in [-0.25, -0.2) is 0 Å². The van der Waals surface area contributed by atoms with E-state index in [9.17, 15) is 0 Å². The summed E-state index contributed by atoms with van der Waals surface area (Å²) in [7, 11) is 0. The second-order valence-corrected chi connectivity index (χ2v) is 0. The van der Waals surface area contributed by atoms with Crippen molar-refractivity contribution in [3.8, 4) is 0 Å². The van der Waals surface area contributed by atoms with Gasteiger partial charge in [0.15, 0.2) is 0 Å². The average Bonchev–Trinajstić information content (AvgIpc) is 0. The fraction of sp³-hybridized carbons (Fsp3) is 0. The predicted molar refractivity (Wildman–Crippen MR) is 5.75 cm³/mol. The standard InChI is InChI=1S/Al.Co.Cr.Fe.Ni.Ti. The molecular weight excluding hydrogens is 300 g/mol. The van der Waals surface area contributed by atoms with E-state index in [0.29, 0.717) is 0 Å². The number of hydrogen-bond donors (Lipinski definition) is 0. The summed E-state index contributed by atoms with van der Waals surface area (Å²) in [6, 6.07) is 0. The Morgan fingerprint density at radius 2 is 1.00 bits per heavy atom. The average molecular weight is 300 g/mol. The van der Waals surface area contributed by atoms with Gasteiger partial charge in [0.25, 0.3) is 0 Å². The van der Waals surface area contributed by atoms with Crippen molar-refractivity contribution < 1.29 is 89.4 Å². The van der Waals surface area contributed by atoms with Gasteiger partial charge >= 0.3 is 0 Å². The van der Waals surface area contributed by atoms with Crippen LogP contribution in [0.15, 0.2) is 0 Å². The Morgan fingerprint density at radius 1 is 1.00 bits per heavy atom. The van der Waals surface area contributed by atoms with Crippen molar-refractivity contribution in [3.05, 3.63) is 0 Å². The summed E-state index contributed by atoms with van der Waals surface area (Å²) < 4.78 is 0. The van der Waals surface area contributed by atoms with Crippen molar-refractivity contribution in [1.82, 2.24) is 0 Å². The molecule has 0 atom stereocenters. The zero-order chi connectivity index (χ0) is 0. The maximum atomic E-state index is 0. The third kappa shape index (κ3) is 26.6. The van der Waals surface area contributed by atoms with Crippen molar-refractivity contribution in [2.24, 2.45) is 0 Å². The Balaban J connectivity index is 0. The van der Waals surface area contributed by atoms with Gasteiger partial charge in [-0.2, -0.15) is 0 Å². The largest absolute Gasteiger partial charge is 0 e. The first-order valence-electron chi connectivity index (χ1n) is 0. The minimum Gasteiger partial charge on any atom is 0 e. The molecule has 0 saturated carbocycles. The van der Waals surface area contributed by atoms with Crippen LogP contribution in [0.1, 0.15) is 0 Å². The molecule has 0 aliphatic rings. The fourth-order valence-electron chi connectivity index (χ4n) is 0. The fourth-order valence-corrected chi connectivity index (χ4v) is 0. The minimum absolute atomic E-state index is 0. The molecule has 0 unspecified atom stereocenters. The van der Waals surface area contributed by atoms with E-state index in [-0.39, 0.29) is 107 Å². The SMILES string of the molecule is [Al].[Co].[Cr].[Fe].[Ni].[Ti]. The molecule has 0 nitrogen and oxygen atoms in total. The molecule has 0 N–H and O–H groups in total. The molecule has 0 amide bonds. The molecular formula is AlCoCrFeNiTi. The smallest absolute Gasteiger partial charge is 0 e. The predicted octanol–water partition coefficient (Wildman–Crippen LogP) is -0.393. The molecule has 0 aliphatic heterocycles. The van der Waals surface area contributed by atoms with Crippen LogP contribution in [0, 0.1) is 0 Å². The van der Waals surface area contributed by atoms with E-state index >= 15 is 0 Å². The molecule has 0 aromatic carbocycles. The zero-order valence-corrected chi connectivity index (χ0v) is 9.61. The van der Waals surface area contributed by atoms with E-state index in [2.05, 4.69) is 0 Å². The van der Waals surface area contributed by atoms with Crippen molar-refractivity contribution in [3.63, 3.8) is 0 Å². The summed E-state index contributed by atoms with van der Waals surface area (Å²) in [5.41, 5.74) is 0. The summed E-state index contributed by atoms with van der Waals surface area (Å²) in [5.74, 6) is 0. The first kappa shape index (κ1) is 58.9. The summed E-state index contributed by atoms with van der Waals surface area (Å²) in [6.45, 7) is 0. The van der Waals surface area contributed by atoms with Crippen LogP contribution in [-0.2, 0) is 89.4 Å². The van der Waals surface area contributed by atoms with Crippen molar-refractivity contribution in [1.29, 1.82) is 0 Å². The van der Waals surface area contributed by atoms with E-state index in [1.165, 1.54) is 0 Å². The Kier molecular flexibility index (Phi) is 398. The third-order valence-corrected chi connectivity index (χ3v) is 0. The molecule has 0 bridgehead atoms. The van der Waals surface area contributed by atoms with Gasteiger partial charge < -0.3 is 0 Å². The maximum absolute atomic E-state index is 0. The van der Waals surface area contributed by atoms with E-state index in [0.717, 1.165) is 0 Å². The van der Waals surface area contributed by atoms with Crippen LogP contribution < -0.4 is 0 Å². The Morgan fingerprint density at radius 3 is 1.00 bits per heavy atom. The van der Waals surface area contributed by atoms with Crippen LogP contribution in [0.5, 0.6) is 0 Å². The van der Waals surface area contributed by atoms with Crippen molar-refractivity contribution in [2.75, 3.05) is 0 Å². The first-order valence-corrected chi connectivity index (χ1v) is 0. The van der Waals surface area contributed by atoms with E-state index in [1.807, 2.05) is 0 Å². The molecule has 6 heteroatoms. The van der Waals surface area contributed by atoms with Crippen molar-refractivity contribution >= 4 is 17.4 Å². The quantitative estimate of drug-likeness (QED) is 0.535. The van der Waals surface area contributed by atoms with Gasteiger partial charge in [0.2, 0.25) is 0 Å². The van der Waals surface area contributed by atoms with Gasteiger partial charge in [-0.05, 0) is 0 Å². The molecule has 0 aliphatic carbocycles. The van der Waals surface area contributed by atoms with Gasteiger partial charge in [-0.15, -0.1) is 0 Å². The van der Waals surface area contributed by atoms with Crippen molar-refractivity contribution in [2.45, 2.75) is 0 Å². The van der Waals surface area contributed by atoms with Crippen LogP contribution in [0.3, 0.4) is 0 Å². The maximum Gasteiger partial charge on any atom is 0 e. The molecule has 0 heterocycles. The molecule has 6 heavy (non-hydrogen) atoms. The van der Waals surface area contributed by atoms with Gasteiger partial charge in [0.1, 0.15) is 0 Å². The molecule has 4 radical (unpaired) electrons. The van der Waals surface area contributed by atoms with E-state index in [1.54, 1.807) is 0 Å². The van der Waals surface area contributed by atoms with Crippen LogP contribution in [0.25, 0.3) is 0 Å². The van der Waals surface area contributed by atoms with Crippen LogP contribution >= 0.6 is 0 Å². The zero-order valence-electron chi connectivity index (χ0n) is 2.49. The molecule has 0 aromatic heterocycles. The van der Waals surface area contributed by atoms with Crippen LogP contribution in [0.2, 0.25) is 0 Å². The molecule has 0 rings (SSSR count). The molecule has 40 valence electrons. The molecule has 0 saturated heterocycles. The number of rotatable bonds is 0. The summed E-state index contributed by atoms with van der Waals surface area (Å²) in [6.07, 6.45) is 0. The second-order valence-electron chi connectivity index (χ2n) is 0. The molecule has 0 fully saturated rings. The molecule has 0 aromatic rings. The topological polar surface area (TPSA) is 0 Å². The van der Waals surface area contributed by atoms with Gasteiger partial charge in [0, 0.05) is 107 Å². The Hall–Kier alpha value is 3.30. The van der Waals surface area contributed by atoms with Crippen LogP contribution in [-0.4, -0.2) is 17.4 Å². The Bertz CT molecular complexity index is 15.5. The van der Waals surface area contributed by atoms with Gasteiger partial charge in [-0.1, -0.05) is 0 Å². The normalized spacial score (nSPS) is 0. The van der Waals surface area contributed by atoms with Gasteiger partial charge in [0.05, 0.1) is 0 Å².